The number of rotatable bonds is 8. The number of hydrogen-bond donors (Lipinski definition) is 1. The van der Waals surface area contributed by atoms with Crippen LogP contribution in [0.5, 0.6) is 11.5 Å². The van der Waals surface area contributed by atoms with E-state index in [4.69, 9.17) is 9.47 Å². The Morgan fingerprint density at radius 3 is 2.28 bits per heavy atom. The lowest BCUT2D eigenvalue weighted by atomic mass is 10.1. The van der Waals surface area contributed by atoms with E-state index in [1.54, 1.807) is 50.2 Å². The standard InChI is InChI=1S/C19H22FNO3S/c1-13-17(23-2)11-14(12-18(13)24-3)19(22)21-9-4-10-25-16-7-5-15(20)6-8-16/h5-8,11-12H,4,9-10H2,1-3H3,(H,21,22). The van der Waals surface area contributed by atoms with Gasteiger partial charge in [0.1, 0.15) is 17.3 Å². The molecule has 0 fully saturated rings. The maximum absolute atomic E-state index is 12.8. The number of benzene rings is 2. The molecule has 0 atom stereocenters. The van der Waals surface area contributed by atoms with Crippen LogP contribution in [-0.4, -0.2) is 32.4 Å². The summed E-state index contributed by atoms with van der Waals surface area (Å²) in [5.41, 5.74) is 1.36. The van der Waals surface area contributed by atoms with Gasteiger partial charge in [0.2, 0.25) is 0 Å². The van der Waals surface area contributed by atoms with Crippen LogP contribution in [0.4, 0.5) is 4.39 Å². The molecular weight excluding hydrogens is 341 g/mol. The van der Waals surface area contributed by atoms with Crippen LogP contribution < -0.4 is 14.8 Å². The molecule has 0 unspecified atom stereocenters. The second-order valence-corrected chi connectivity index (χ2v) is 6.59. The fourth-order valence-corrected chi connectivity index (χ4v) is 3.17. The molecule has 0 spiro atoms. The number of halogens is 1. The summed E-state index contributed by atoms with van der Waals surface area (Å²) in [5.74, 6) is 1.68. The largest absolute Gasteiger partial charge is 0.496 e. The highest BCUT2D eigenvalue weighted by Crippen LogP contribution is 2.29. The predicted molar refractivity (Wildman–Crippen MR) is 98.4 cm³/mol. The van der Waals surface area contributed by atoms with Crippen molar-refractivity contribution in [2.45, 2.75) is 18.2 Å². The topological polar surface area (TPSA) is 47.6 Å². The van der Waals surface area contributed by atoms with Crippen LogP contribution >= 0.6 is 11.8 Å². The molecule has 0 radical (unpaired) electrons. The molecule has 2 rings (SSSR count). The average Bonchev–Trinajstić information content (AvgIpc) is 2.63. The molecular formula is C19H22FNO3S. The molecule has 0 aliphatic rings. The molecule has 1 amide bonds. The van der Waals surface area contributed by atoms with Crippen molar-refractivity contribution >= 4 is 17.7 Å². The zero-order valence-corrected chi connectivity index (χ0v) is 15.4. The van der Waals surface area contributed by atoms with Gasteiger partial charge in [-0.2, -0.15) is 0 Å². The van der Waals surface area contributed by atoms with Gasteiger partial charge in [0.15, 0.2) is 0 Å². The smallest absolute Gasteiger partial charge is 0.251 e. The summed E-state index contributed by atoms with van der Waals surface area (Å²) in [6.45, 7) is 2.44. The quantitative estimate of drug-likeness (QED) is 0.567. The molecule has 0 aliphatic heterocycles. The van der Waals surface area contributed by atoms with E-state index in [0.29, 0.717) is 23.6 Å². The number of ether oxygens (including phenoxy) is 2. The third-order valence-corrected chi connectivity index (χ3v) is 4.80. The Kier molecular flexibility index (Phi) is 7.13. The lowest BCUT2D eigenvalue weighted by molar-refractivity contribution is 0.0953. The Morgan fingerprint density at radius 1 is 1.12 bits per heavy atom. The molecule has 1 N–H and O–H groups in total. The Morgan fingerprint density at radius 2 is 1.72 bits per heavy atom. The van der Waals surface area contributed by atoms with Crippen LogP contribution in [0.25, 0.3) is 0 Å². The molecule has 0 bridgehead atoms. The lowest BCUT2D eigenvalue weighted by Crippen LogP contribution is -2.25. The summed E-state index contributed by atoms with van der Waals surface area (Å²) in [4.78, 5) is 13.3. The van der Waals surface area contributed by atoms with Crippen LogP contribution in [0.3, 0.4) is 0 Å². The van der Waals surface area contributed by atoms with Crippen molar-refractivity contribution in [1.29, 1.82) is 0 Å². The number of hydrogen-bond acceptors (Lipinski definition) is 4. The van der Waals surface area contributed by atoms with Crippen LogP contribution in [0.15, 0.2) is 41.3 Å². The SMILES string of the molecule is COc1cc(C(=O)NCCCSc2ccc(F)cc2)cc(OC)c1C. The highest BCUT2D eigenvalue weighted by Gasteiger charge is 2.13. The average molecular weight is 363 g/mol. The van der Waals surface area contributed by atoms with E-state index in [2.05, 4.69) is 5.32 Å². The summed E-state index contributed by atoms with van der Waals surface area (Å²) < 4.78 is 23.4. The molecule has 6 heteroatoms. The molecule has 25 heavy (non-hydrogen) atoms. The first-order valence-corrected chi connectivity index (χ1v) is 8.93. The molecule has 0 heterocycles. The number of nitrogens with one attached hydrogen (secondary N) is 1. The molecule has 134 valence electrons. The van der Waals surface area contributed by atoms with Crippen LogP contribution in [0, 0.1) is 12.7 Å². The summed E-state index contributed by atoms with van der Waals surface area (Å²) >= 11 is 1.63. The minimum atomic E-state index is -0.236. The van der Waals surface area contributed by atoms with E-state index >= 15 is 0 Å². The summed E-state index contributed by atoms with van der Waals surface area (Å²) in [6, 6.07) is 9.82. The molecule has 0 saturated heterocycles. The number of carbonyl (C=O) groups excluding carboxylic acids is 1. The van der Waals surface area contributed by atoms with Crippen molar-refractivity contribution in [3.05, 3.63) is 53.3 Å². The van der Waals surface area contributed by atoms with Crippen LogP contribution in [0.1, 0.15) is 22.3 Å². The number of carbonyl (C=O) groups is 1. The fourth-order valence-electron chi connectivity index (χ4n) is 2.31. The second kappa shape index (κ2) is 9.32. The third kappa shape index (κ3) is 5.39. The van der Waals surface area contributed by atoms with E-state index < -0.39 is 0 Å². The molecule has 2 aromatic carbocycles. The van der Waals surface area contributed by atoms with Crippen LogP contribution in [0.2, 0.25) is 0 Å². The molecule has 0 aliphatic carbocycles. The maximum Gasteiger partial charge on any atom is 0.251 e. The van der Waals surface area contributed by atoms with Gasteiger partial charge in [0, 0.05) is 22.6 Å². The van der Waals surface area contributed by atoms with E-state index in [1.807, 2.05) is 6.92 Å². The van der Waals surface area contributed by atoms with Gasteiger partial charge in [-0.3, -0.25) is 4.79 Å². The second-order valence-electron chi connectivity index (χ2n) is 5.42. The Balaban J connectivity index is 1.83. The lowest BCUT2D eigenvalue weighted by Gasteiger charge is -2.12. The van der Waals surface area contributed by atoms with E-state index in [1.165, 1.54) is 12.1 Å². The van der Waals surface area contributed by atoms with Gasteiger partial charge in [-0.15, -0.1) is 11.8 Å². The van der Waals surface area contributed by atoms with Crippen molar-refractivity contribution in [3.8, 4) is 11.5 Å². The van der Waals surface area contributed by atoms with E-state index in [-0.39, 0.29) is 11.7 Å². The summed E-state index contributed by atoms with van der Waals surface area (Å²) in [7, 11) is 3.13. The predicted octanol–water partition coefficient (Wildman–Crippen LogP) is 4.06. The maximum atomic E-state index is 12.8. The van der Waals surface area contributed by atoms with Crippen molar-refractivity contribution < 1.29 is 18.7 Å². The highest BCUT2D eigenvalue weighted by molar-refractivity contribution is 7.99. The first-order chi connectivity index (χ1) is 12.0. The van der Waals surface area contributed by atoms with Gasteiger partial charge in [-0.1, -0.05) is 0 Å². The van der Waals surface area contributed by atoms with Crippen LogP contribution in [-0.2, 0) is 0 Å². The fraction of sp³-hybridized carbons (Fsp3) is 0.316. The Hall–Kier alpha value is -2.21. The minimum Gasteiger partial charge on any atom is -0.496 e. The van der Waals surface area contributed by atoms with Crippen molar-refractivity contribution in [2.24, 2.45) is 0 Å². The zero-order chi connectivity index (χ0) is 18.2. The molecule has 4 nitrogen and oxygen atoms in total. The van der Waals surface area contributed by atoms with Crippen molar-refractivity contribution in [2.75, 3.05) is 26.5 Å². The van der Waals surface area contributed by atoms with Gasteiger partial charge in [-0.05, 0) is 55.5 Å². The van der Waals surface area contributed by atoms with Gasteiger partial charge in [-0.25, -0.2) is 4.39 Å². The Bertz CT molecular complexity index is 694. The van der Waals surface area contributed by atoms with Gasteiger partial charge in [0.25, 0.3) is 5.91 Å². The minimum absolute atomic E-state index is 0.164. The summed E-state index contributed by atoms with van der Waals surface area (Å²) in [5, 5.41) is 2.89. The number of thioether (sulfide) groups is 1. The molecule has 0 saturated carbocycles. The van der Waals surface area contributed by atoms with E-state index in [9.17, 15) is 9.18 Å². The Labute approximate surface area is 151 Å². The number of methoxy groups -OCH3 is 2. The van der Waals surface area contributed by atoms with Crippen molar-refractivity contribution in [3.63, 3.8) is 0 Å². The van der Waals surface area contributed by atoms with E-state index in [0.717, 1.165) is 22.6 Å². The van der Waals surface area contributed by atoms with Gasteiger partial charge in [0.05, 0.1) is 14.2 Å². The first-order valence-electron chi connectivity index (χ1n) is 7.94. The molecule has 0 aromatic heterocycles. The third-order valence-electron chi connectivity index (χ3n) is 3.70. The van der Waals surface area contributed by atoms with Gasteiger partial charge < -0.3 is 14.8 Å². The molecule has 2 aromatic rings. The first kappa shape index (κ1) is 19.1. The zero-order valence-electron chi connectivity index (χ0n) is 14.6. The highest BCUT2D eigenvalue weighted by atomic mass is 32.2. The summed E-state index contributed by atoms with van der Waals surface area (Å²) in [6.07, 6.45) is 0.813. The monoisotopic (exact) mass is 363 g/mol. The van der Waals surface area contributed by atoms with Crippen molar-refractivity contribution in [1.82, 2.24) is 5.32 Å². The normalized spacial score (nSPS) is 10.4. The number of amides is 1. The van der Waals surface area contributed by atoms with Gasteiger partial charge >= 0.3 is 0 Å².